The van der Waals surface area contributed by atoms with Gasteiger partial charge in [0.05, 0.1) is 12.6 Å². The number of aromatic nitrogens is 2. The summed E-state index contributed by atoms with van der Waals surface area (Å²) >= 11 is 0. The molecule has 0 aliphatic carbocycles. The van der Waals surface area contributed by atoms with E-state index in [0.29, 0.717) is 0 Å². The lowest BCUT2D eigenvalue weighted by molar-refractivity contribution is -0.138. The van der Waals surface area contributed by atoms with Gasteiger partial charge in [-0.15, -0.1) is 0 Å². The number of aliphatic carboxylic acids is 1. The second-order valence-corrected chi connectivity index (χ2v) is 4.67. The van der Waals surface area contributed by atoms with Crippen LogP contribution in [0.4, 0.5) is 0 Å². The Morgan fingerprint density at radius 1 is 1.53 bits per heavy atom. The SMILES string of the molecule is Cc1c(C(CC(=O)O)N2CCCC2)cnn1C. The molecule has 2 rings (SSSR count). The molecule has 1 atom stereocenters. The molecule has 0 bridgehead atoms. The summed E-state index contributed by atoms with van der Waals surface area (Å²) in [6, 6.07) is -0.0244. The average molecular weight is 237 g/mol. The first-order chi connectivity index (χ1) is 8.09. The van der Waals surface area contributed by atoms with Crippen molar-refractivity contribution in [2.24, 2.45) is 7.05 Å². The topological polar surface area (TPSA) is 58.4 Å². The summed E-state index contributed by atoms with van der Waals surface area (Å²) in [6.07, 6.45) is 4.29. The molecule has 0 spiro atoms. The standard InChI is InChI=1S/C12H19N3O2/c1-9-10(8-13-14(9)2)11(7-12(16)17)15-5-3-4-6-15/h8,11H,3-7H2,1-2H3,(H,16,17). The van der Waals surface area contributed by atoms with Crippen LogP contribution >= 0.6 is 0 Å². The zero-order valence-electron chi connectivity index (χ0n) is 10.4. The number of rotatable bonds is 4. The van der Waals surface area contributed by atoms with Crippen LogP contribution in [0, 0.1) is 6.92 Å². The Bertz CT molecular complexity index is 408. The molecule has 1 aromatic rings. The Hall–Kier alpha value is -1.36. The van der Waals surface area contributed by atoms with Gasteiger partial charge >= 0.3 is 5.97 Å². The lowest BCUT2D eigenvalue weighted by atomic mass is 10.0. The summed E-state index contributed by atoms with van der Waals surface area (Å²) in [5.41, 5.74) is 2.11. The quantitative estimate of drug-likeness (QED) is 0.858. The van der Waals surface area contributed by atoms with Crippen LogP contribution in [0.15, 0.2) is 6.20 Å². The first kappa shape index (κ1) is 12.1. The Kier molecular flexibility index (Phi) is 3.47. The molecule has 0 saturated carbocycles. The molecule has 17 heavy (non-hydrogen) atoms. The van der Waals surface area contributed by atoms with E-state index >= 15 is 0 Å². The van der Waals surface area contributed by atoms with Crippen LogP contribution in [-0.4, -0.2) is 38.8 Å². The average Bonchev–Trinajstić information content (AvgIpc) is 2.88. The second-order valence-electron chi connectivity index (χ2n) is 4.67. The first-order valence-electron chi connectivity index (χ1n) is 6.04. The van der Waals surface area contributed by atoms with E-state index in [2.05, 4.69) is 10.00 Å². The van der Waals surface area contributed by atoms with E-state index in [1.807, 2.05) is 14.0 Å². The molecule has 94 valence electrons. The molecule has 0 radical (unpaired) electrons. The number of likely N-dealkylation sites (tertiary alicyclic amines) is 1. The van der Waals surface area contributed by atoms with Crippen LogP contribution in [0.3, 0.4) is 0 Å². The van der Waals surface area contributed by atoms with Crippen molar-refractivity contribution in [1.29, 1.82) is 0 Å². The first-order valence-corrected chi connectivity index (χ1v) is 6.04. The lowest BCUT2D eigenvalue weighted by Gasteiger charge is -2.26. The third-order valence-electron chi connectivity index (χ3n) is 3.58. The highest BCUT2D eigenvalue weighted by Crippen LogP contribution is 2.29. The van der Waals surface area contributed by atoms with Gasteiger partial charge in [0.2, 0.25) is 0 Å². The van der Waals surface area contributed by atoms with Crippen LogP contribution in [0.2, 0.25) is 0 Å². The molecule has 1 unspecified atom stereocenters. The van der Waals surface area contributed by atoms with Gasteiger partial charge < -0.3 is 5.11 Å². The molecule has 0 amide bonds. The number of carboxylic acids is 1. The highest BCUT2D eigenvalue weighted by atomic mass is 16.4. The summed E-state index contributed by atoms with van der Waals surface area (Å²) in [5, 5.41) is 13.3. The van der Waals surface area contributed by atoms with Gasteiger partial charge in [0.25, 0.3) is 0 Å². The molecular formula is C12H19N3O2. The normalized spacial score (nSPS) is 18.5. The van der Waals surface area contributed by atoms with Crippen LogP contribution in [0.5, 0.6) is 0 Å². The molecule has 5 nitrogen and oxygen atoms in total. The maximum absolute atomic E-state index is 11.0. The van der Waals surface area contributed by atoms with E-state index in [-0.39, 0.29) is 12.5 Å². The van der Waals surface area contributed by atoms with Gasteiger partial charge in [-0.05, 0) is 32.9 Å². The van der Waals surface area contributed by atoms with Gasteiger partial charge in [-0.2, -0.15) is 5.10 Å². The van der Waals surface area contributed by atoms with Crippen molar-refractivity contribution >= 4 is 5.97 Å². The molecule has 1 aliphatic heterocycles. The summed E-state index contributed by atoms with van der Waals surface area (Å²) in [5.74, 6) is -0.745. The van der Waals surface area contributed by atoms with E-state index in [1.54, 1.807) is 10.9 Å². The molecule has 1 aromatic heterocycles. The van der Waals surface area contributed by atoms with E-state index in [4.69, 9.17) is 5.11 Å². The van der Waals surface area contributed by atoms with E-state index in [1.165, 1.54) is 0 Å². The minimum Gasteiger partial charge on any atom is -0.481 e. The van der Waals surface area contributed by atoms with Crippen molar-refractivity contribution in [3.05, 3.63) is 17.5 Å². The lowest BCUT2D eigenvalue weighted by Crippen LogP contribution is -2.28. The largest absolute Gasteiger partial charge is 0.481 e. The van der Waals surface area contributed by atoms with E-state index in [9.17, 15) is 4.79 Å². The van der Waals surface area contributed by atoms with Gasteiger partial charge in [-0.1, -0.05) is 0 Å². The van der Waals surface area contributed by atoms with Crippen LogP contribution in [-0.2, 0) is 11.8 Å². The highest BCUT2D eigenvalue weighted by Gasteiger charge is 2.28. The van der Waals surface area contributed by atoms with E-state index < -0.39 is 5.97 Å². The van der Waals surface area contributed by atoms with Crippen LogP contribution in [0.1, 0.15) is 36.6 Å². The molecule has 1 aliphatic rings. The summed E-state index contributed by atoms with van der Waals surface area (Å²) < 4.78 is 1.81. The van der Waals surface area contributed by atoms with Gasteiger partial charge in [-0.3, -0.25) is 14.4 Å². The molecular weight excluding hydrogens is 218 g/mol. The molecule has 1 saturated heterocycles. The number of hydrogen-bond acceptors (Lipinski definition) is 3. The predicted molar refractivity (Wildman–Crippen MR) is 63.7 cm³/mol. The monoisotopic (exact) mass is 237 g/mol. The third-order valence-corrected chi connectivity index (χ3v) is 3.58. The number of carbonyl (C=O) groups is 1. The van der Waals surface area contributed by atoms with Crippen molar-refractivity contribution in [2.45, 2.75) is 32.2 Å². The van der Waals surface area contributed by atoms with Crippen molar-refractivity contribution < 1.29 is 9.90 Å². The third kappa shape index (κ3) is 2.49. The number of aryl methyl sites for hydroxylation is 1. The highest BCUT2D eigenvalue weighted by molar-refractivity contribution is 5.68. The van der Waals surface area contributed by atoms with Crippen molar-refractivity contribution in [3.63, 3.8) is 0 Å². The second kappa shape index (κ2) is 4.87. The maximum atomic E-state index is 11.0. The zero-order chi connectivity index (χ0) is 12.4. The molecule has 1 fully saturated rings. The Morgan fingerprint density at radius 2 is 2.18 bits per heavy atom. The van der Waals surface area contributed by atoms with Crippen LogP contribution < -0.4 is 0 Å². The summed E-state index contributed by atoms with van der Waals surface area (Å²) in [4.78, 5) is 13.3. The smallest absolute Gasteiger partial charge is 0.305 e. The number of carboxylic acid groups (broad SMARTS) is 1. The summed E-state index contributed by atoms with van der Waals surface area (Å²) in [6.45, 7) is 3.98. The predicted octanol–water partition coefficient (Wildman–Crippen LogP) is 1.34. The van der Waals surface area contributed by atoms with Crippen LogP contribution in [0.25, 0.3) is 0 Å². The zero-order valence-corrected chi connectivity index (χ0v) is 10.4. The summed E-state index contributed by atoms with van der Waals surface area (Å²) in [7, 11) is 1.89. The van der Waals surface area contributed by atoms with Crippen molar-refractivity contribution in [2.75, 3.05) is 13.1 Å². The Morgan fingerprint density at radius 3 is 2.65 bits per heavy atom. The fraction of sp³-hybridized carbons (Fsp3) is 0.667. The van der Waals surface area contributed by atoms with Crippen molar-refractivity contribution in [3.8, 4) is 0 Å². The molecule has 1 N–H and O–H groups in total. The minimum atomic E-state index is -0.745. The fourth-order valence-electron chi connectivity index (χ4n) is 2.50. The van der Waals surface area contributed by atoms with Gasteiger partial charge in [-0.25, -0.2) is 0 Å². The minimum absolute atomic E-state index is 0.0244. The van der Waals surface area contributed by atoms with Gasteiger partial charge in [0.1, 0.15) is 0 Å². The number of hydrogen-bond donors (Lipinski definition) is 1. The van der Waals surface area contributed by atoms with Crippen molar-refractivity contribution in [1.82, 2.24) is 14.7 Å². The Balaban J connectivity index is 2.25. The fourth-order valence-corrected chi connectivity index (χ4v) is 2.50. The maximum Gasteiger partial charge on any atom is 0.305 e. The molecule has 5 heteroatoms. The number of nitrogens with zero attached hydrogens (tertiary/aromatic N) is 3. The molecule has 0 aromatic carbocycles. The van der Waals surface area contributed by atoms with E-state index in [0.717, 1.165) is 37.2 Å². The van der Waals surface area contributed by atoms with Gasteiger partial charge in [0, 0.05) is 24.3 Å². The molecule has 2 heterocycles. The Labute approximate surface area is 101 Å². The van der Waals surface area contributed by atoms with Gasteiger partial charge in [0.15, 0.2) is 0 Å².